The predicted molar refractivity (Wildman–Crippen MR) is 47.2 cm³/mol. The Bertz CT molecular complexity index is 250. The molecule has 0 saturated carbocycles. The van der Waals surface area contributed by atoms with E-state index in [1.54, 1.807) is 13.8 Å². The van der Waals surface area contributed by atoms with E-state index in [0.717, 1.165) is 6.08 Å². The van der Waals surface area contributed by atoms with Gasteiger partial charge in [0, 0.05) is 12.2 Å². The molecule has 0 aromatic carbocycles. The third kappa shape index (κ3) is 6.80. The Morgan fingerprint density at radius 2 is 2.00 bits per heavy atom. The molecule has 0 fully saturated rings. The number of carboxylic acids is 1. The molecule has 0 aliphatic carbocycles. The molecule has 0 spiro atoms. The normalized spacial score (nSPS) is 11.7. The van der Waals surface area contributed by atoms with E-state index >= 15 is 0 Å². The van der Waals surface area contributed by atoms with Gasteiger partial charge in [0.15, 0.2) is 0 Å². The lowest BCUT2D eigenvalue weighted by Gasteiger charge is -1.95. The number of ether oxygens (including phenoxy) is 1. The van der Waals surface area contributed by atoms with Gasteiger partial charge in [-0.25, -0.2) is 9.59 Å². The molecule has 0 aliphatic rings. The summed E-state index contributed by atoms with van der Waals surface area (Å²) in [5.41, 5.74) is 0.542. The fourth-order valence-electron chi connectivity index (χ4n) is 0.621. The van der Waals surface area contributed by atoms with E-state index in [1.165, 1.54) is 12.2 Å². The van der Waals surface area contributed by atoms with Crippen LogP contribution in [-0.4, -0.2) is 23.7 Å². The van der Waals surface area contributed by atoms with Crippen molar-refractivity contribution in [2.75, 3.05) is 6.61 Å². The van der Waals surface area contributed by atoms with Crippen molar-refractivity contribution >= 4 is 11.9 Å². The number of hydrogen-bond donors (Lipinski definition) is 1. The van der Waals surface area contributed by atoms with Crippen LogP contribution in [-0.2, 0) is 14.3 Å². The molecule has 0 rings (SSSR count). The van der Waals surface area contributed by atoms with Crippen molar-refractivity contribution in [1.29, 1.82) is 0 Å². The molecule has 0 atom stereocenters. The highest BCUT2D eigenvalue weighted by Crippen LogP contribution is 1.95. The van der Waals surface area contributed by atoms with Crippen LogP contribution in [0, 0.1) is 0 Å². The lowest BCUT2D eigenvalue weighted by molar-refractivity contribution is -0.137. The Morgan fingerprint density at radius 1 is 1.38 bits per heavy atom. The Kier molecular flexibility index (Phi) is 5.27. The largest absolute Gasteiger partial charge is 0.478 e. The lowest BCUT2D eigenvalue weighted by atomic mass is 10.2. The van der Waals surface area contributed by atoms with Crippen LogP contribution in [0.1, 0.15) is 13.8 Å². The second-order valence-electron chi connectivity index (χ2n) is 2.31. The van der Waals surface area contributed by atoms with Gasteiger partial charge in [0.25, 0.3) is 0 Å². The second-order valence-corrected chi connectivity index (χ2v) is 2.31. The molecule has 0 radical (unpaired) electrons. The Labute approximate surface area is 76.5 Å². The minimum atomic E-state index is -1.04. The Morgan fingerprint density at radius 3 is 2.46 bits per heavy atom. The van der Waals surface area contributed by atoms with Gasteiger partial charge in [-0.15, -0.1) is 0 Å². The van der Waals surface area contributed by atoms with Gasteiger partial charge >= 0.3 is 11.9 Å². The van der Waals surface area contributed by atoms with Gasteiger partial charge in [-0.05, 0) is 19.4 Å². The molecule has 0 aliphatic heterocycles. The van der Waals surface area contributed by atoms with Crippen LogP contribution in [0.25, 0.3) is 0 Å². The van der Waals surface area contributed by atoms with E-state index in [-0.39, 0.29) is 0 Å². The van der Waals surface area contributed by atoms with E-state index in [4.69, 9.17) is 5.11 Å². The van der Waals surface area contributed by atoms with Gasteiger partial charge in [-0.3, -0.25) is 0 Å². The number of carbonyl (C=O) groups is 2. The van der Waals surface area contributed by atoms with Crippen molar-refractivity contribution in [2.45, 2.75) is 13.8 Å². The summed E-state index contributed by atoms with van der Waals surface area (Å²) in [4.78, 5) is 20.9. The zero-order chi connectivity index (χ0) is 10.3. The molecule has 4 nitrogen and oxygen atoms in total. The Hall–Kier alpha value is -1.58. The van der Waals surface area contributed by atoms with Gasteiger partial charge in [0.05, 0.1) is 6.61 Å². The molecule has 0 heterocycles. The van der Waals surface area contributed by atoms with E-state index < -0.39 is 11.9 Å². The van der Waals surface area contributed by atoms with Gasteiger partial charge in [-0.2, -0.15) is 0 Å². The minimum absolute atomic E-state index is 0.311. The van der Waals surface area contributed by atoms with Crippen LogP contribution in [0.5, 0.6) is 0 Å². The summed E-state index contributed by atoms with van der Waals surface area (Å²) in [6, 6.07) is 0. The van der Waals surface area contributed by atoms with E-state index in [0.29, 0.717) is 12.2 Å². The second kappa shape index (κ2) is 5.99. The first kappa shape index (κ1) is 11.4. The van der Waals surface area contributed by atoms with Crippen molar-refractivity contribution in [3.05, 3.63) is 23.8 Å². The fraction of sp³-hybridized carbons (Fsp3) is 0.333. The summed E-state index contributed by atoms with van der Waals surface area (Å²) in [5, 5.41) is 8.27. The van der Waals surface area contributed by atoms with Gasteiger partial charge < -0.3 is 9.84 Å². The third-order valence-corrected chi connectivity index (χ3v) is 1.12. The van der Waals surface area contributed by atoms with Crippen LogP contribution >= 0.6 is 0 Å². The maximum Gasteiger partial charge on any atom is 0.330 e. The van der Waals surface area contributed by atoms with Gasteiger partial charge in [-0.1, -0.05) is 6.08 Å². The molecule has 0 aromatic rings. The first-order valence-corrected chi connectivity index (χ1v) is 3.82. The first-order chi connectivity index (χ1) is 6.06. The van der Waals surface area contributed by atoms with Crippen molar-refractivity contribution in [3.8, 4) is 0 Å². The van der Waals surface area contributed by atoms with Gasteiger partial charge in [0.2, 0.25) is 0 Å². The molecule has 0 bridgehead atoms. The summed E-state index contributed by atoms with van der Waals surface area (Å²) in [5.74, 6) is -1.51. The topological polar surface area (TPSA) is 63.6 Å². The first-order valence-electron chi connectivity index (χ1n) is 3.82. The zero-order valence-electron chi connectivity index (χ0n) is 7.61. The minimum Gasteiger partial charge on any atom is -0.478 e. The highest BCUT2D eigenvalue weighted by atomic mass is 16.5. The number of carboxylic acid groups (broad SMARTS) is 1. The SMILES string of the molecule is CCOC(=O)/C=C(C)/C=C/C(=O)O. The average Bonchev–Trinajstić information content (AvgIpc) is 2.01. The molecule has 72 valence electrons. The summed E-state index contributed by atoms with van der Waals surface area (Å²) in [7, 11) is 0. The van der Waals surface area contributed by atoms with Crippen molar-refractivity contribution in [3.63, 3.8) is 0 Å². The number of hydrogen-bond acceptors (Lipinski definition) is 3. The molecule has 4 heteroatoms. The monoisotopic (exact) mass is 184 g/mol. The van der Waals surface area contributed by atoms with Crippen LogP contribution in [0.3, 0.4) is 0 Å². The number of allylic oxidation sites excluding steroid dienone is 2. The lowest BCUT2D eigenvalue weighted by Crippen LogP contribution is -1.99. The van der Waals surface area contributed by atoms with Gasteiger partial charge in [0.1, 0.15) is 0 Å². The van der Waals surface area contributed by atoms with Crippen molar-refractivity contribution in [1.82, 2.24) is 0 Å². The number of rotatable bonds is 4. The van der Waals surface area contributed by atoms with Crippen LogP contribution in [0.4, 0.5) is 0 Å². The molecule has 0 unspecified atom stereocenters. The number of esters is 1. The van der Waals surface area contributed by atoms with Crippen LogP contribution in [0.2, 0.25) is 0 Å². The highest BCUT2D eigenvalue weighted by Gasteiger charge is 1.95. The van der Waals surface area contributed by atoms with Crippen molar-refractivity contribution in [2.24, 2.45) is 0 Å². The summed E-state index contributed by atoms with van der Waals surface area (Å²) in [6.45, 7) is 3.63. The zero-order valence-corrected chi connectivity index (χ0v) is 7.61. The predicted octanol–water partition coefficient (Wildman–Crippen LogP) is 1.14. The number of aliphatic carboxylic acids is 1. The molecule has 0 amide bonds. The van der Waals surface area contributed by atoms with Crippen molar-refractivity contribution < 1.29 is 19.4 Å². The summed E-state index contributed by atoms with van der Waals surface area (Å²) < 4.78 is 4.62. The molecular formula is C9H12O4. The smallest absolute Gasteiger partial charge is 0.330 e. The quantitative estimate of drug-likeness (QED) is 0.404. The summed E-state index contributed by atoms with van der Waals surface area (Å²) >= 11 is 0. The maximum atomic E-state index is 10.8. The van der Waals surface area contributed by atoms with E-state index in [1.807, 2.05) is 0 Å². The standard InChI is InChI=1S/C9H12O4/c1-3-13-9(12)6-7(2)4-5-8(10)11/h4-6H,3H2,1-2H3,(H,10,11)/b5-4+,7-6+. The number of carbonyl (C=O) groups excluding carboxylic acids is 1. The Balaban J connectivity index is 4.16. The average molecular weight is 184 g/mol. The van der Waals surface area contributed by atoms with Crippen LogP contribution < -0.4 is 0 Å². The van der Waals surface area contributed by atoms with E-state index in [2.05, 4.69) is 4.74 Å². The summed E-state index contributed by atoms with van der Waals surface area (Å²) in [6.07, 6.45) is 3.53. The van der Waals surface area contributed by atoms with E-state index in [9.17, 15) is 9.59 Å². The maximum absolute atomic E-state index is 10.8. The third-order valence-electron chi connectivity index (χ3n) is 1.12. The van der Waals surface area contributed by atoms with Crippen LogP contribution in [0.15, 0.2) is 23.8 Å². The molecule has 0 aromatic heterocycles. The molecular weight excluding hydrogens is 172 g/mol. The molecule has 0 saturated heterocycles. The molecule has 1 N–H and O–H groups in total. The highest BCUT2D eigenvalue weighted by molar-refractivity contribution is 5.84. The fourth-order valence-corrected chi connectivity index (χ4v) is 0.621. The molecule has 13 heavy (non-hydrogen) atoms.